The van der Waals surface area contributed by atoms with E-state index < -0.39 is 12.1 Å². The minimum Gasteiger partial charge on any atom is -0.406 e. The van der Waals surface area contributed by atoms with Crippen LogP contribution in [0.4, 0.5) is 13.2 Å². The molecule has 126 valence electrons. The first-order valence-corrected chi connectivity index (χ1v) is 7.47. The van der Waals surface area contributed by atoms with Crippen LogP contribution in [-0.4, -0.2) is 33.9 Å². The molecule has 1 saturated heterocycles. The van der Waals surface area contributed by atoms with E-state index in [9.17, 15) is 13.2 Å². The molecule has 5 nitrogen and oxygen atoms in total. The van der Waals surface area contributed by atoms with Crippen molar-refractivity contribution in [2.24, 2.45) is 0 Å². The molecule has 0 saturated carbocycles. The molecule has 9 heteroatoms. The van der Waals surface area contributed by atoms with E-state index in [4.69, 9.17) is 16.9 Å². The molecule has 0 radical (unpaired) electrons. The molecular formula is C15H12ClF3N4O. The van der Waals surface area contributed by atoms with Crippen LogP contribution in [-0.2, 0) is 0 Å². The van der Waals surface area contributed by atoms with Gasteiger partial charge in [-0.1, -0.05) is 11.6 Å². The summed E-state index contributed by atoms with van der Waals surface area (Å²) >= 11 is 5.88. The second kappa shape index (κ2) is 6.24. The molecule has 2 heterocycles. The SMILES string of the molecule is N#CN1CCC(n2cnc(-c3cc(Cl)cc(OC(F)(F)F)c3)c2)C1. The lowest BCUT2D eigenvalue weighted by Crippen LogP contribution is -2.17. The lowest BCUT2D eigenvalue weighted by atomic mass is 10.1. The third-order valence-corrected chi connectivity index (χ3v) is 3.95. The Balaban J connectivity index is 1.84. The lowest BCUT2D eigenvalue weighted by Gasteiger charge is -2.11. The average Bonchev–Trinajstić information content (AvgIpc) is 3.13. The van der Waals surface area contributed by atoms with Gasteiger partial charge in [0, 0.05) is 29.9 Å². The smallest absolute Gasteiger partial charge is 0.406 e. The molecule has 0 bridgehead atoms. The minimum absolute atomic E-state index is 0.107. The van der Waals surface area contributed by atoms with Crippen LogP contribution < -0.4 is 4.74 Å². The first-order chi connectivity index (χ1) is 11.3. The largest absolute Gasteiger partial charge is 0.573 e. The third-order valence-electron chi connectivity index (χ3n) is 3.73. The fourth-order valence-corrected chi connectivity index (χ4v) is 2.89. The molecule has 0 N–H and O–H groups in total. The summed E-state index contributed by atoms with van der Waals surface area (Å²) in [6.07, 6.45) is 1.45. The van der Waals surface area contributed by atoms with Crippen LogP contribution in [0.3, 0.4) is 0 Å². The molecule has 1 aromatic heterocycles. The van der Waals surface area contributed by atoms with E-state index in [1.165, 1.54) is 12.1 Å². The van der Waals surface area contributed by atoms with Crippen LogP contribution in [0.5, 0.6) is 5.75 Å². The summed E-state index contributed by atoms with van der Waals surface area (Å²) in [5.41, 5.74) is 0.913. The Bertz CT molecular complexity index is 784. The van der Waals surface area contributed by atoms with Crippen molar-refractivity contribution in [1.82, 2.24) is 14.5 Å². The molecule has 0 aliphatic carbocycles. The fourth-order valence-electron chi connectivity index (χ4n) is 2.66. The Morgan fingerprint density at radius 3 is 2.79 bits per heavy atom. The van der Waals surface area contributed by atoms with E-state index in [1.54, 1.807) is 17.4 Å². The first-order valence-electron chi connectivity index (χ1n) is 7.09. The van der Waals surface area contributed by atoms with E-state index in [0.29, 0.717) is 24.3 Å². The van der Waals surface area contributed by atoms with Crippen molar-refractivity contribution in [2.75, 3.05) is 13.1 Å². The van der Waals surface area contributed by atoms with Crippen molar-refractivity contribution in [3.8, 4) is 23.2 Å². The third kappa shape index (κ3) is 3.74. The van der Waals surface area contributed by atoms with Crippen molar-refractivity contribution in [3.63, 3.8) is 0 Å². The maximum absolute atomic E-state index is 12.4. The van der Waals surface area contributed by atoms with Gasteiger partial charge in [0.1, 0.15) is 5.75 Å². The maximum atomic E-state index is 12.4. The number of hydrogen-bond donors (Lipinski definition) is 0. The van der Waals surface area contributed by atoms with Crippen LogP contribution in [0.25, 0.3) is 11.3 Å². The van der Waals surface area contributed by atoms with Gasteiger partial charge in [0.25, 0.3) is 0 Å². The topological polar surface area (TPSA) is 54.1 Å². The van der Waals surface area contributed by atoms with Gasteiger partial charge >= 0.3 is 6.36 Å². The van der Waals surface area contributed by atoms with E-state index in [1.807, 2.05) is 4.57 Å². The standard InChI is InChI=1S/C15H12ClF3N4O/c16-11-3-10(4-13(5-11)24-15(17,18)19)14-7-23(9-21-14)12-1-2-22(6-12)8-20/h3-5,7,9,12H,1-2,6H2. The highest BCUT2D eigenvalue weighted by molar-refractivity contribution is 6.31. The lowest BCUT2D eigenvalue weighted by molar-refractivity contribution is -0.274. The molecule has 24 heavy (non-hydrogen) atoms. The predicted molar refractivity (Wildman–Crippen MR) is 80.2 cm³/mol. The highest BCUT2D eigenvalue weighted by Gasteiger charge is 2.31. The Morgan fingerprint density at radius 2 is 2.12 bits per heavy atom. The molecule has 1 aromatic carbocycles. The van der Waals surface area contributed by atoms with Crippen LogP contribution in [0.15, 0.2) is 30.7 Å². The minimum atomic E-state index is -4.79. The molecule has 1 atom stereocenters. The van der Waals surface area contributed by atoms with Crippen molar-refractivity contribution in [2.45, 2.75) is 18.8 Å². The molecule has 2 aromatic rings. The number of rotatable bonds is 3. The Kier molecular flexibility index (Phi) is 4.28. The second-order valence-corrected chi connectivity index (χ2v) is 5.85. The van der Waals surface area contributed by atoms with Crippen LogP contribution in [0.2, 0.25) is 5.02 Å². The normalized spacial score (nSPS) is 17.8. The number of imidazole rings is 1. The van der Waals surface area contributed by atoms with Gasteiger partial charge in [0.2, 0.25) is 0 Å². The zero-order chi connectivity index (χ0) is 17.3. The number of hydrogen-bond acceptors (Lipinski definition) is 4. The summed E-state index contributed by atoms with van der Waals surface area (Å²) in [4.78, 5) is 5.88. The molecular weight excluding hydrogens is 345 g/mol. The molecule has 0 amide bonds. The molecule has 1 aliphatic heterocycles. The zero-order valence-corrected chi connectivity index (χ0v) is 13.1. The fraction of sp³-hybridized carbons (Fsp3) is 0.333. The summed E-state index contributed by atoms with van der Waals surface area (Å²) in [6, 6.07) is 3.96. The van der Waals surface area contributed by atoms with Gasteiger partial charge < -0.3 is 14.2 Å². The van der Waals surface area contributed by atoms with Gasteiger partial charge in [-0.25, -0.2) is 4.98 Å². The maximum Gasteiger partial charge on any atom is 0.573 e. The summed E-state index contributed by atoms with van der Waals surface area (Å²) < 4.78 is 42.9. The number of nitrogens with zero attached hydrogens (tertiary/aromatic N) is 4. The van der Waals surface area contributed by atoms with Crippen molar-refractivity contribution >= 4 is 11.6 Å². The highest BCUT2D eigenvalue weighted by atomic mass is 35.5. The molecule has 1 fully saturated rings. The van der Waals surface area contributed by atoms with Crippen molar-refractivity contribution in [1.29, 1.82) is 5.26 Å². The summed E-state index contributed by atoms with van der Waals surface area (Å²) in [6.45, 7) is 1.26. The Hall–Kier alpha value is -2.40. The number of ether oxygens (including phenoxy) is 1. The van der Waals surface area contributed by atoms with E-state index in [0.717, 1.165) is 12.5 Å². The number of likely N-dealkylation sites (tertiary alicyclic amines) is 1. The first kappa shape index (κ1) is 16.5. The van der Waals surface area contributed by atoms with Gasteiger partial charge in [0.15, 0.2) is 6.19 Å². The Morgan fingerprint density at radius 1 is 1.33 bits per heavy atom. The quantitative estimate of drug-likeness (QED) is 0.784. The molecule has 3 rings (SSSR count). The average molecular weight is 357 g/mol. The van der Waals surface area contributed by atoms with Gasteiger partial charge in [-0.15, -0.1) is 13.2 Å². The van der Waals surface area contributed by atoms with E-state index in [-0.39, 0.29) is 11.1 Å². The van der Waals surface area contributed by atoms with Gasteiger partial charge in [-0.3, -0.25) is 0 Å². The summed E-state index contributed by atoms with van der Waals surface area (Å²) in [5, 5.41) is 9.02. The number of halogens is 4. The Labute approximate surface area is 140 Å². The van der Waals surface area contributed by atoms with Crippen molar-refractivity contribution < 1.29 is 17.9 Å². The number of nitriles is 1. The highest BCUT2D eigenvalue weighted by Crippen LogP contribution is 2.32. The van der Waals surface area contributed by atoms with Crippen LogP contribution >= 0.6 is 11.6 Å². The van der Waals surface area contributed by atoms with Crippen molar-refractivity contribution in [3.05, 3.63) is 35.7 Å². The molecule has 1 unspecified atom stereocenters. The van der Waals surface area contributed by atoms with Gasteiger partial charge in [0.05, 0.1) is 18.1 Å². The van der Waals surface area contributed by atoms with Crippen LogP contribution in [0.1, 0.15) is 12.5 Å². The number of alkyl halides is 3. The molecule has 0 spiro atoms. The van der Waals surface area contributed by atoms with E-state index >= 15 is 0 Å². The zero-order valence-electron chi connectivity index (χ0n) is 12.3. The second-order valence-electron chi connectivity index (χ2n) is 5.42. The van der Waals surface area contributed by atoms with E-state index in [2.05, 4.69) is 15.9 Å². The predicted octanol–water partition coefficient (Wildman–Crippen LogP) is 3.83. The van der Waals surface area contributed by atoms with Gasteiger partial charge in [-0.05, 0) is 24.6 Å². The summed E-state index contributed by atoms with van der Waals surface area (Å²) in [7, 11) is 0. The molecule has 1 aliphatic rings. The number of benzene rings is 1. The monoisotopic (exact) mass is 356 g/mol. The van der Waals surface area contributed by atoms with Crippen LogP contribution in [0, 0.1) is 11.5 Å². The van der Waals surface area contributed by atoms with Gasteiger partial charge in [-0.2, -0.15) is 5.26 Å². The number of aromatic nitrogens is 2. The summed E-state index contributed by atoms with van der Waals surface area (Å²) in [5.74, 6) is -0.393.